The summed E-state index contributed by atoms with van der Waals surface area (Å²) in [7, 11) is 1.51. The lowest BCUT2D eigenvalue weighted by atomic mass is 10.1. The van der Waals surface area contributed by atoms with Crippen molar-refractivity contribution in [1.82, 2.24) is 24.4 Å². The first kappa shape index (κ1) is 20.7. The molecule has 0 saturated heterocycles. The molecule has 0 fully saturated rings. The van der Waals surface area contributed by atoms with Crippen LogP contribution in [0.15, 0.2) is 40.1 Å². The third kappa shape index (κ3) is 4.54. The average molecular weight is 416 g/mol. The van der Waals surface area contributed by atoms with Gasteiger partial charge in [0.05, 0.1) is 0 Å². The summed E-state index contributed by atoms with van der Waals surface area (Å²) in [4.78, 5) is 46.2. The Hall–Kier alpha value is -3.00. The summed E-state index contributed by atoms with van der Waals surface area (Å²) in [5.41, 5.74) is -0.291. The van der Waals surface area contributed by atoms with E-state index in [1.165, 1.54) is 17.8 Å². The van der Waals surface area contributed by atoms with Crippen molar-refractivity contribution in [2.24, 2.45) is 13.0 Å². The summed E-state index contributed by atoms with van der Waals surface area (Å²) >= 11 is 5.90. The maximum absolute atomic E-state index is 12.8. The summed E-state index contributed by atoms with van der Waals surface area (Å²) in [6.45, 7) is 4.24. The van der Waals surface area contributed by atoms with Crippen molar-refractivity contribution in [2.45, 2.75) is 26.8 Å². The van der Waals surface area contributed by atoms with E-state index in [0.29, 0.717) is 28.9 Å². The second-order valence-corrected chi connectivity index (χ2v) is 7.64. The van der Waals surface area contributed by atoms with Crippen LogP contribution in [0.3, 0.4) is 0 Å². The van der Waals surface area contributed by atoms with Crippen LogP contribution >= 0.6 is 11.6 Å². The SMILES string of the molecule is CC(C)CCNC(=O)Cn1c(=O)c2cnc(-c3ccc(Cl)cc3)nc2n(C)c1=O. The van der Waals surface area contributed by atoms with Crippen LogP contribution in [0.25, 0.3) is 22.4 Å². The van der Waals surface area contributed by atoms with E-state index in [9.17, 15) is 14.4 Å². The van der Waals surface area contributed by atoms with E-state index in [0.717, 1.165) is 11.0 Å². The lowest BCUT2D eigenvalue weighted by molar-refractivity contribution is -0.121. The molecule has 152 valence electrons. The van der Waals surface area contributed by atoms with Gasteiger partial charge in [-0.15, -0.1) is 0 Å². The number of aryl methyl sites for hydroxylation is 1. The molecular weight excluding hydrogens is 394 g/mol. The minimum Gasteiger partial charge on any atom is -0.355 e. The van der Waals surface area contributed by atoms with E-state index in [2.05, 4.69) is 15.3 Å². The fraction of sp³-hybridized carbons (Fsp3) is 0.350. The van der Waals surface area contributed by atoms with Crippen LogP contribution in [0.2, 0.25) is 5.02 Å². The number of hydrogen-bond donors (Lipinski definition) is 1. The molecule has 0 bridgehead atoms. The van der Waals surface area contributed by atoms with Gasteiger partial charge in [0, 0.05) is 30.4 Å². The van der Waals surface area contributed by atoms with E-state index < -0.39 is 11.2 Å². The molecule has 0 aliphatic heterocycles. The van der Waals surface area contributed by atoms with Crippen LogP contribution in [0.4, 0.5) is 0 Å². The molecule has 29 heavy (non-hydrogen) atoms. The first-order chi connectivity index (χ1) is 13.8. The van der Waals surface area contributed by atoms with Gasteiger partial charge in [-0.3, -0.25) is 18.7 Å². The van der Waals surface area contributed by atoms with Crippen molar-refractivity contribution in [3.8, 4) is 11.4 Å². The van der Waals surface area contributed by atoms with Crippen LogP contribution in [0.5, 0.6) is 0 Å². The number of halogens is 1. The fourth-order valence-corrected chi connectivity index (χ4v) is 2.99. The van der Waals surface area contributed by atoms with E-state index in [1.807, 2.05) is 13.8 Å². The molecule has 1 amide bonds. The normalized spacial score (nSPS) is 11.2. The first-order valence-corrected chi connectivity index (χ1v) is 9.65. The smallest absolute Gasteiger partial charge is 0.332 e. The lowest BCUT2D eigenvalue weighted by Gasteiger charge is -2.11. The minimum absolute atomic E-state index is 0.166. The van der Waals surface area contributed by atoms with Gasteiger partial charge in [0.1, 0.15) is 11.9 Å². The maximum atomic E-state index is 12.8. The number of carbonyl (C=O) groups excluding carboxylic acids is 1. The van der Waals surface area contributed by atoms with Gasteiger partial charge in [0.15, 0.2) is 11.5 Å². The molecule has 9 heteroatoms. The molecule has 0 unspecified atom stereocenters. The summed E-state index contributed by atoms with van der Waals surface area (Å²) in [5.74, 6) is 0.425. The molecule has 0 radical (unpaired) electrons. The number of hydrogen-bond acceptors (Lipinski definition) is 5. The molecule has 0 spiro atoms. The zero-order valence-corrected chi connectivity index (χ0v) is 17.2. The molecule has 2 heterocycles. The molecule has 0 saturated carbocycles. The van der Waals surface area contributed by atoms with Gasteiger partial charge in [0.25, 0.3) is 5.56 Å². The minimum atomic E-state index is -0.609. The number of aromatic nitrogens is 4. The van der Waals surface area contributed by atoms with Crippen molar-refractivity contribution in [2.75, 3.05) is 6.54 Å². The highest BCUT2D eigenvalue weighted by molar-refractivity contribution is 6.30. The van der Waals surface area contributed by atoms with E-state index >= 15 is 0 Å². The molecule has 0 aliphatic carbocycles. The van der Waals surface area contributed by atoms with Gasteiger partial charge < -0.3 is 5.32 Å². The van der Waals surface area contributed by atoms with Gasteiger partial charge in [0.2, 0.25) is 5.91 Å². The number of carbonyl (C=O) groups is 1. The molecule has 0 atom stereocenters. The van der Waals surface area contributed by atoms with Gasteiger partial charge in [-0.05, 0) is 36.6 Å². The van der Waals surface area contributed by atoms with Gasteiger partial charge in [-0.1, -0.05) is 25.4 Å². The van der Waals surface area contributed by atoms with E-state index in [-0.39, 0.29) is 23.5 Å². The summed E-state index contributed by atoms with van der Waals surface area (Å²) in [6, 6.07) is 6.92. The summed E-state index contributed by atoms with van der Waals surface area (Å²) in [5, 5.41) is 3.48. The van der Waals surface area contributed by atoms with Crippen molar-refractivity contribution < 1.29 is 4.79 Å². The highest BCUT2D eigenvalue weighted by Crippen LogP contribution is 2.19. The highest BCUT2D eigenvalue weighted by Gasteiger charge is 2.16. The Morgan fingerprint density at radius 2 is 1.90 bits per heavy atom. The standard InChI is InChI=1S/C20H22ClN5O3/c1-12(2)8-9-22-16(27)11-26-19(28)15-10-23-17(13-4-6-14(21)7-5-13)24-18(15)25(3)20(26)29/h4-7,10,12H,8-9,11H2,1-3H3,(H,22,27). The van der Waals surface area contributed by atoms with Crippen molar-refractivity contribution in [3.05, 3.63) is 56.3 Å². The van der Waals surface area contributed by atoms with Crippen molar-refractivity contribution in [1.29, 1.82) is 0 Å². The Labute approximate surface area is 172 Å². The Morgan fingerprint density at radius 3 is 2.55 bits per heavy atom. The predicted molar refractivity (Wildman–Crippen MR) is 112 cm³/mol. The molecule has 8 nitrogen and oxygen atoms in total. The zero-order chi connectivity index (χ0) is 21.1. The molecule has 2 aromatic heterocycles. The van der Waals surface area contributed by atoms with Crippen molar-refractivity contribution >= 4 is 28.5 Å². The highest BCUT2D eigenvalue weighted by atomic mass is 35.5. The quantitative estimate of drug-likeness (QED) is 0.663. The lowest BCUT2D eigenvalue weighted by Crippen LogP contribution is -2.43. The number of fused-ring (bicyclic) bond motifs is 1. The number of nitrogens with one attached hydrogen (secondary N) is 1. The zero-order valence-electron chi connectivity index (χ0n) is 16.5. The number of benzene rings is 1. The van der Waals surface area contributed by atoms with Gasteiger partial charge >= 0.3 is 5.69 Å². The molecule has 3 aromatic rings. The molecular formula is C20H22ClN5O3. The van der Waals surface area contributed by atoms with E-state index in [1.54, 1.807) is 24.3 Å². The number of rotatable bonds is 6. The predicted octanol–water partition coefficient (Wildman–Crippen LogP) is 1.97. The molecule has 3 rings (SSSR count). The fourth-order valence-electron chi connectivity index (χ4n) is 2.86. The first-order valence-electron chi connectivity index (χ1n) is 9.27. The second kappa shape index (κ2) is 8.57. The van der Waals surface area contributed by atoms with Crippen LogP contribution in [0, 0.1) is 5.92 Å². The Bertz CT molecular complexity index is 1170. The monoisotopic (exact) mass is 415 g/mol. The third-order valence-electron chi connectivity index (χ3n) is 4.53. The summed E-state index contributed by atoms with van der Waals surface area (Å²) in [6.07, 6.45) is 2.19. The largest absolute Gasteiger partial charge is 0.355 e. The Balaban J connectivity index is 1.97. The van der Waals surface area contributed by atoms with Crippen LogP contribution < -0.4 is 16.6 Å². The van der Waals surface area contributed by atoms with Gasteiger partial charge in [-0.25, -0.2) is 14.8 Å². The third-order valence-corrected chi connectivity index (χ3v) is 4.78. The van der Waals surface area contributed by atoms with Crippen molar-refractivity contribution in [3.63, 3.8) is 0 Å². The average Bonchev–Trinajstić information content (AvgIpc) is 2.69. The number of amides is 1. The second-order valence-electron chi connectivity index (χ2n) is 7.20. The summed E-state index contributed by atoms with van der Waals surface area (Å²) < 4.78 is 2.15. The molecule has 1 aromatic carbocycles. The van der Waals surface area contributed by atoms with Crippen LogP contribution in [-0.4, -0.2) is 31.6 Å². The maximum Gasteiger partial charge on any atom is 0.332 e. The van der Waals surface area contributed by atoms with E-state index in [4.69, 9.17) is 11.6 Å². The van der Waals surface area contributed by atoms with Gasteiger partial charge in [-0.2, -0.15) is 0 Å². The number of nitrogens with zero attached hydrogens (tertiary/aromatic N) is 4. The van der Waals surface area contributed by atoms with Crippen LogP contribution in [0.1, 0.15) is 20.3 Å². The molecule has 1 N–H and O–H groups in total. The van der Waals surface area contributed by atoms with Crippen LogP contribution in [-0.2, 0) is 18.4 Å². The Morgan fingerprint density at radius 1 is 1.21 bits per heavy atom. The Kier molecular flexibility index (Phi) is 6.12. The molecule has 0 aliphatic rings. The topological polar surface area (TPSA) is 98.9 Å².